The summed E-state index contributed by atoms with van der Waals surface area (Å²) >= 11 is 18.6. The third-order valence-electron chi connectivity index (χ3n) is 6.40. The van der Waals surface area contributed by atoms with Gasteiger partial charge in [-0.15, -0.1) is 0 Å². The Balaban J connectivity index is 1.85. The van der Waals surface area contributed by atoms with Gasteiger partial charge in [-0.3, -0.25) is 9.79 Å². The summed E-state index contributed by atoms with van der Waals surface area (Å²) in [6.45, 7) is 7.49. The Labute approximate surface area is 208 Å². The van der Waals surface area contributed by atoms with E-state index in [2.05, 4.69) is 18.7 Å². The van der Waals surface area contributed by atoms with Gasteiger partial charge in [0.2, 0.25) is 0 Å². The highest BCUT2D eigenvalue weighted by atomic mass is 35.5. The Morgan fingerprint density at radius 2 is 1.82 bits per heavy atom. The van der Waals surface area contributed by atoms with Crippen LogP contribution >= 0.6 is 34.8 Å². The average molecular weight is 507 g/mol. The molecule has 1 aromatic heterocycles. The second-order valence-electron chi connectivity index (χ2n) is 8.26. The Morgan fingerprint density at radius 1 is 1.06 bits per heavy atom. The third kappa shape index (κ3) is 4.78. The molecule has 3 aromatic rings. The first-order valence-corrected chi connectivity index (χ1v) is 12.2. The molecule has 174 valence electrons. The monoisotopic (exact) mass is 505 g/mol. The fourth-order valence-corrected chi connectivity index (χ4v) is 5.01. The molecule has 1 unspecified atom stereocenters. The standard InChI is InChI=1S/C25H26Cl3N3O2/c1-3-30(4-2)10-9-29-21-12-16(15-5-7-19(27)20(28)11-15)13-23-24(21)25(32)18-14-17(26)6-8-22(18)31(23)33/h5-8,11,14,16,33H,3-4,9-10,12-13H2,1-2H3/b29-21+. The lowest BCUT2D eigenvalue weighted by molar-refractivity contribution is 0.186. The number of nitrogens with zero attached hydrogens (tertiary/aromatic N) is 3. The zero-order chi connectivity index (χ0) is 23.7. The molecule has 8 heteroatoms. The quantitative estimate of drug-likeness (QED) is 0.413. The van der Waals surface area contributed by atoms with Crippen LogP contribution < -0.4 is 5.43 Å². The fourth-order valence-electron chi connectivity index (χ4n) is 4.53. The normalized spacial score (nSPS) is 17.2. The van der Waals surface area contributed by atoms with Gasteiger partial charge in [0.15, 0.2) is 5.43 Å². The molecule has 33 heavy (non-hydrogen) atoms. The first kappa shape index (κ1) is 24.1. The molecule has 5 nitrogen and oxygen atoms in total. The molecule has 1 atom stereocenters. The number of hydrogen-bond acceptors (Lipinski definition) is 4. The number of benzene rings is 2. The van der Waals surface area contributed by atoms with Gasteiger partial charge in [0.1, 0.15) is 0 Å². The lowest BCUT2D eigenvalue weighted by Gasteiger charge is -2.28. The molecule has 0 amide bonds. The summed E-state index contributed by atoms with van der Waals surface area (Å²) in [5, 5.41) is 12.9. The highest BCUT2D eigenvalue weighted by molar-refractivity contribution is 6.42. The molecule has 0 radical (unpaired) electrons. The van der Waals surface area contributed by atoms with Gasteiger partial charge in [-0.25, -0.2) is 0 Å². The topological polar surface area (TPSA) is 57.8 Å². The Bertz CT molecular complexity index is 1280. The Morgan fingerprint density at radius 3 is 2.52 bits per heavy atom. The minimum Gasteiger partial charge on any atom is -0.428 e. The minimum absolute atomic E-state index is 0.00187. The molecule has 1 heterocycles. The zero-order valence-corrected chi connectivity index (χ0v) is 20.9. The summed E-state index contributed by atoms with van der Waals surface area (Å²) in [6.07, 6.45) is 1.05. The lowest BCUT2D eigenvalue weighted by atomic mass is 9.80. The molecule has 0 spiro atoms. The summed E-state index contributed by atoms with van der Waals surface area (Å²) in [6, 6.07) is 10.5. The third-order valence-corrected chi connectivity index (χ3v) is 7.37. The van der Waals surface area contributed by atoms with Crippen LogP contribution in [0.25, 0.3) is 10.9 Å². The number of rotatable bonds is 6. The van der Waals surface area contributed by atoms with Crippen LogP contribution in [0.15, 0.2) is 46.2 Å². The van der Waals surface area contributed by atoms with Crippen molar-refractivity contribution in [1.29, 1.82) is 0 Å². The molecule has 0 fully saturated rings. The van der Waals surface area contributed by atoms with Crippen LogP contribution in [0.4, 0.5) is 0 Å². The van der Waals surface area contributed by atoms with Gasteiger partial charge in [-0.05, 0) is 67.7 Å². The summed E-state index contributed by atoms with van der Waals surface area (Å²) in [4.78, 5) is 20.7. The molecular formula is C25H26Cl3N3O2. The number of halogens is 3. The van der Waals surface area contributed by atoms with Crippen LogP contribution in [0.1, 0.15) is 43.0 Å². The second-order valence-corrected chi connectivity index (χ2v) is 9.51. The smallest absolute Gasteiger partial charge is 0.199 e. The van der Waals surface area contributed by atoms with Crippen molar-refractivity contribution in [2.45, 2.75) is 32.6 Å². The fraction of sp³-hybridized carbons (Fsp3) is 0.360. The second kappa shape index (κ2) is 10.1. The molecule has 0 saturated carbocycles. The van der Waals surface area contributed by atoms with Crippen LogP contribution in [0.5, 0.6) is 0 Å². The Kier molecular flexibility index (Phi) is 7.34. The van der Waals surface area contributed by atoms with Crippen molar-refractivity contribution in [3.05, 3.63) is 78.5 Å². The van der Waals surface area contributed by atoms with Crippen molar-refractivity contribution >= 4 is 51.4 Å². The molecular weight excluding hydrogens is 481 g/mol. The number of likely N-dealkylation sites (N-methyl/N-ethyl adjacent to an activating group) is 1. The summed E-state index contributed by atoms with van der Waals surface area (Å²) in [5.41, 5.74) is 3.01. The Hall–Kier alpha value is -2.05. The van der Waals surface area contributed by atoms with Crippen molar-refractivity contribution in [2.75, 3.05) is 26.2 Å². The van der Waals surface area contributed by atoms with E-state index in [1.54, 1.807) is 24.3 Å². The van der Waals surface area contributed by atoms with E-state index in [1.807, 2.05) is 12.1 Å². The molecule has 1 N–H and O–H groups in total. The van der Waals surface area contributed by atoms with Gasteiger partial charge >= 0.3 is 0 Å². The number of hydrogen-bond donors (Lipinski definition) is 1. The van der Waals surface area contributed by atoms with E-state index < -0.39 is 0 Å². The van der Waals surface area contributed by atoms with E-state index in [4.69, 9.17) is 39.8 Å². The molecule has 1 aliphatic rings. The maximum atomic E-state index is 13.5. The van der Waals surface area contributed by atoms with Crippen LogP contribution in [-0.4, -0.2) is 46.7 Å². The molecule has 4 rings (SSSR count). The first-order chi connectivity index (χ1) is 15.8. The number of aromatic nitrogens is 1. The molecule has 0 bridgehead atoms. The van der Waals surface area contributed by atoms with Gasteiger partial charge in [0.05, 0.1) is 38.8 Å². The molecule has 2 aromatic carbocycles. The number of fused-ring (bicyclic) bond motifs is 2. The number of pyridine rings is 1. The lowest BCUT2D eigenvalue weighted by Crippen LogP contribution is -2.32. The number of aliphatic imine (C=N–C) groups is 1. The van der Waals surface area contributed by atoms with Gasteiger partial charge in [-0.1, -0.05) is 54.7 Å². The van der Waals surface area contributed by atoms with E-state index in [-0.39, 0.29) is 11.3 Å². The van der Waals surface area contributed by atoms with Crippen LogP contribution in [0.2, 0.25) is 15.1 Å². The zero-order valence-electron chi connectivity index (χ0n) is 18.6. The van der Waals surface area contributed by atoms with Gasteiger partial charge < -0.3 is 10.1 Å². The predicted molar refractivity (Wildman–Crippen MR) is 137 cm³/mol. The van der Waals surface area contributed by atoms with E-state index in [9.17, 15) is 10.0 Å². The molecule has 1 aliphatic carbocycles. The van der Waals surface area contributed by atoms with E-state index in [0.717, 1.165) is 29.9 Å². The van der Waals surface area contributed by atoms with Crippen molar-refractivity contribution in [2.24, 2.45) is 4.99 Å². The SMILES string of the molecule is CCN(CC)CC/N=C1\CC(c2ccc(Cl)c(Cl)c2)Cc2c1c(=O)c1cc(Cl)ccc1n2O. The average Bonchev–Trinajstić information content (AvgIpc) is 2.81. The highest BCUT2D eigenvalue weighted by Gasteiger charge is 2.31. The van der Waals surface area contributed by atoms with Gasteiger partial charge in [-0.2, -0.15) is 4.73 Å². The van der Waals surface area contributed by atoms with Gasteiger partial charge in [0.25, 0.3) is 0 Å². The summed E-state index contributed by atoms with van der Waals surface area (Å²) in [7, 11) is 0. The highest BCUT2D eigenvalue weighted by Crippen LogP contribution is 2.36. The van der Waals surface area contributed by atoms with Crippen molar-refractivity contribution < 1.29 is 5.21 Å². The maximum absolute atomic E-state index is 13.5. The van der Waals surface area contributed by atoms with E-state index in [0.29, 0.717) is 62.3 Å². The van der Waals surface area contributed by atoms with Gasteiger partial charge in [0, 0.05) is 17.3 Å². The molecule has 0 aliphatic heterocycles. The largest absolute Gasteiger partial charge is 0.428 e. The van der Waals surface area contributed by atoms with E-state index in [1.165, 1.54) is 0 Å². The van der Waals surface area contributed by atoms with Crippen LogP contribution in [0.3, 0.4) is 0 Å². The van der Waals surface area contributed by atoms with Crippen molar-refractivity contribution in [3.8, 4) is 0 Å². The summed E-state index contributed by atoms with van der Waals surface area (Å²) in [5.74, 6) is 0.00187. The van der Waals surface area contributed by atoms with Crippen molar-refractivity contribution in [1.82, 2.24) is 9.63 Å². The molecule has 0 saturated heterocycles. The minimum atomic E-state index is -0.151. The van der Waals surface area contributed by atoms with Crippen LogP contribution in [0, 0.1) is 0 Å². The predicted octanol–water partition coefficient (Wildman–Crippen LogP) is 6.06. The first-order valence-electron chi connectivity index (χ1n) is 11.1. The van der Waals surface area contributed by atoms with Crippen molar-refractivity contribution in [3.63, 3.8) is 0 Å². The van der Waals surface area contributed by atoms with Crippen LogP contribution in [-0.2, 0) is 6.42 Å². The maximum Gasteiger partial charge on any atom is 0.199 e. The summed E-state index contributed by atoms with van der Waals surface area (Å²) < 4.78 is 1.12. The van der Waals surface area contributed by atoms with E-state index >= 15 is 0 Å².